The first-order chi connectivity index (χ1) is 11.0. The van der Waals surface area contributed by atoms with Crippen LogP contribution in [0.5, 0.6) is 0 Å². The Hall–Kier alpha value is -0.670. The quantitative estimate of drug-likeness (QED) is 0.174. The van der Waals surface area contributed by atoms with E-state index in [-0.39, 0.29) is 35.8 Å². The summed E-state index contributed by atoms with van der Waals surface area (Å²) in [6, 6.07) is 7.81. The maximum atomic E-state index is 11.4. The van der Waals surface area contributed by atoms with Crippen LogP contribution in [0.2, 0.25) is 5.02 Å². The minimum atomic E-state index is 0. The van der Waals surface area contributed by atoms with Crippen LogP contribution in [0, 0.1) is 5.92 Å². The van der Waals surface area contributed by atoms with Crippen molar-refractivity contribution in [1.82, 2.24) is 16.0 Å². The predicted molar refractivity (Wildman–Crippen MR) is 115 cm³/mol. The summed E-state index contributed by atoms with van der Waals surface area (Å²) >= 11 is 7.61. The maximum Gasteiger partial charge on any atom is 0.222 e. The number of hydrogen-bond donors (Lipinski definition) is 3. The van der Waals surface area contributed by atoms with Gasteiger partial charge < -0.3 is 16.0 Å². The van der Waals surface area contributed by atoms with Crippen molar-refractivity contribution in [1.29, 1.82) is 0 Å². The van der Waals surface area contributed by atoms with Crippen LogP contribution >= 0.6 is 47.3 Å². The molecule has 136 valence electrons. The Balaban J connectivity index is 0.00000529. The number of hydrogen-bond acceptors (Lipinski definition) is 3. The van der Waals surface area contributed by atoms with E-state index in [0.29, 0.717) is 13.1 Å². The Morgan fingerprint density at radius 1 is 1.12 bits per heavy atom. The normalized spacial score (nSPS) is 11.0. The van der Waals surface area contributed by atoms with Crippen LogP contribution in [0.15, 0.2) is 34.2 Å². The molecular formula is C16H26ClIN4OS. The van der Waals surface area contributed by atoms with E-state index in [1.165, 1.54) is 4.90 Å². The number of halogens is 2. The summed E-state index contributed by atoms with van der Waals surface area (Å²) in [5, 5.41) is 10.0. The predicted octanol–water partition coefficient (Wildman–Crippen LogP) is 2.99. The fraction of sp³-hybridized carbons (Fsp3) is 0.500. The second-order valence-electron chi connectivity index (χ2n) is 5.17. The third-order valence-electron chi connectivity index (χ3n) is 2.94. The van der Waals surface area contributed by atoms with Gasteiger partial charge in [0.05, 0.1) is 0 Å². The molecule has 1 rings (SSSR count). The molecule has 0 aliphatic rings. The van der Waals surface area contributed by atoms with Gasteiger partial charge in [-0.1, -0.05) is 25.4 Å². The van der Waals surface area contributed by atoms with E-state index < -0.39 is 0 Å². The second-order valence-corrected chi connectivity index (χ2v) is 6.78. The summed E-state index contributed by atoms with van der Waals surface area (Å²) in [6.45, 7) is 5.77. The number of nitrogens with one attached hydrogen (secondary N) is 3. The molecular weight excluding hydrogens is 459 g/mol. The zero-order valence-electron chi connectivity index (χ0n) is 14.3. The first-order valence-corrected chi connectivity index (χ1v) is 9.00. The van der Waals surface area contributed by atoms with Gasteiger partial charge in [-0.05, 0) is 24.3 Å². The molecule has 5 nitrogen and oxygen atoms in total. The van der Waals surface area contributed by atoms with E-state index in [1.54, 1.807) is 18.8 Å². The lowest BCUT2D eigenvalue weighted by Gasteiger charge is -2.13. The van der Waals surface area contributed by atoms with Gasteiger partial charge in [-0.3, -0.25) is 9.79 Å². The zero-order chi connectivity index (χ0) is 17.1. The minimum Gasteiger partial charge on any atom is -0.356 e. The first kappa shape index (κ1) is 23.3. The molecule has 0 atom stereocenters. The standard InChI is InChI=1S/C16H25ClN4OS.HI/c1-12(2)15(22)19-8-9-20-16(18-3)21-10-11-23-14-6-4-13(17)5-7-14;/h4-7,12H,8-11H2,1-3H3,(H,19,22)(H2,18,20,21);1H. The molecule has 24 heavy (non-hydrogen) atoms. The molecule has 0 aliphatic heterocycles. The van der Waals surface area contributed by atoms with E-state index in [9.17, 15) is 4.79 Å². The highest BCUT2D eigenvalue weighted by Crippen LogP contribution is 2.19. The summed E-state index contributed by atoms with van der Waals surface area (Å²) < 4.78 is 0. The largest absolute Gasteiger partial charge is 0.356 e. The molecule has 8 heteroatoms. The van der Waals surface area contributed by atoms with Crippen LogP contribution in [-0.4, -0.2) is 44.3 Å². The van der Waals surface area contributed by atoms with E-state index in [4.69, 9.17) is 11.6 Å². The van der Waals surface area contributed by atoms with Gasteiger partial charge in [-0.15, -0.1) is 35.7 Å². The monoisotopic (exact) mass is 484 g/mol. The summed E-state index contributed by atoms with van der Waals surface area (Å²) in [4.78, 5) is 16.8. The second kappa shape index (κ2) is 13.6. The molecule has 0 radical (unpaired) electrons. The van der Waals surface area contributed by atoms with Gasteiger partial charge in [0.25, 0.3) is 0 Å². The number of aliphatic imine (C=N–C) groups is 1. The van der Waals surface area contributed by atoms with Crippen LogP contribution in [0.3, 0.4) is 0 Å². The highest BCUT2D eigenvalue weighted by Gasteiger charge is 2.05. The summed E-state index contributed by atoms with van der Waals surface area (Å²) in [7, 11) is 1.73. The molecule has 3 N–H and O–H groups in total. The lowest BCUT2D eigenvalue weighted by Crippen LogP contribution is -2.42. The van der Waals surface area contributed by atoms with Crippen molar-refractivity contribution in [2.75, 3.05) is 32.4 Å². The molecule has 0 aromatic heterocycles. The van der Waals surface area contributed by atoms with Crippen molar-refractivity contribution < 1.29 is 4.79 Å². The Kier molecular flexibility index (Phi) is 13.2. The molecule has 0 fully saturated rings. The number of rotatable bonds is 8. The Labute approximate surface area is 170 Å². The lowest BCUT2D eigenvalue weighted by atomic mass is 10.2. The molecule has 0 bridgehead atoms. The van der Waals surface area contributed by atoms with Crippen LogP contribution in [0.25, 0.3) is 0 Å². The lowest BCUT2D eigenvalue weighted by molar-refractivity contribution is -0.123. The van der Waals surface area contributed by atoms with Gasteiger partial charge >= 0.3 is 0 Å². The average Bonchev–Trinajstić information content (AvgIpc) is 2.54. The van der Waals surface area contributed by atoms with Crippen molar-refractivity contribution >= 4 is 59.2 Å². The van der Waals surface area contributed by atoms with Crippen LogP contribution in [0.4, 0.5) is 0 Å². The SMILES string of the molecule is CN=C(NCCNC(=O)C(C)C)NCCSc1ccc(Cl)cc1.I. The molecule has 0 saturated carbocycles. The summed E-state index contributed by atoms with van der Waals surface area (Å²) in [5.41, 5.74) is 0. The Morgan fingerprint density at radius 3 is 2.29 bits per heavy atom. The number of nitrogens with zero attached hydrogens (tertiary/aromatic N) is 1. The first-order valence-electron chi connectivity index (χ1n) is 7.63. The van der Waals surface area contributed by atoms with E-state index >= 15 is 0 Å². The highest BCUT2D eigenvalue weighted by molar-refractivity contribution is 14.0. The van der Waals surface area contributed by atoms with Gasteiger partial charge in [0.15, 0.2) is 5.96 Å². The number of guanidine groups is 1. The van der Waals surface area contributed by atoms with Gasteiger partial charge in [-0.25, -0.2) is 0 Å². The molecule has 0 aliphatic carbocycles. The van der Waals surface area contributed by atoms with Crippen molar-refractivity contribution in [2.24, 2.45) is 10.9 Å². The summed E-state index contributed by atoms with van der Waals surface area (Å²) in [5.74, 6) is 1.74. The molecule has 0 heterocycles. The molecule has 0 saturated heterocycles. The van der Waals surface area contributed by atoms with Crippen molar-refractivity contribution in [3.63, 3.8) is 0 Å². The van der Waals surface area contributed by atoms with E-state index in [1.807, 2.05) is 38.1 Å². The Bertz CT molecular complexity index is 511. The van der Waals surface area contributed by atoms with Crippen LogP contribution in [-0.2, 0) is 4.79 Å². The van der Waals surface area contributed by atoms with Gasteiger partial charge in [0.1, 0.15) is 0 Å². The molecule has 1 aromatic carbocycles. The topological polar surface area (TPSA) is 65.5 Å². The van der Waals surface area contributed by atoms with E-state index in [2.05, 4.69) is 20.9 Å². The fourth-order valence-corrected chi connectivity index (χ4v) is 2.55. The van der Waals surface area contributed by atoms with Gasteiger partial charge in [-0.2, -0.15) is 0 Å². The van der Waals surface area contributed by atoms with Crippen LogP contribution < -0.4 is 16.0 Å². The van der Waals surface area contributed by atoms with Crippen molar-refractivity contribution in [3.05, 3.63) is 29.3 Å². The van der Waals surface area contributed by atoms with Gasteiger partial charge in [0.2, 0.25) is 5.91 Å². The third-order valence-corrected chi connectivity index (χ3v) is 4.21. The van der Waals surface area contributed by atoms with E-state index in [0.717, 1.165) is 23.3 Å². The van der Waals surface area contributed by atoms with Crippen molar-refractivity contribution in [2.45, 2.75) is 18.7 Å². The molecule has 0 unspecified atom stereocenters. The number of carbonyl (C=O) groups excluding carboxylic acids is 1. The smallest absolute Gasteiger partial charge is 0.222 e. The van der Waals surface area contributed by atoms with Crippen LogP contribution in [0.1, 0.15) is 13.8 Å². The van der Waals surface area contributed by atoms with Gasteiger partial charge in [0, 0.05) is 48.3 Å². The highest BCUT2D eigenvalue weighted by atomic mass is 127. The van der Waals surface area contributed by atoms with Crippen molar-refractivity contribution in [3.8, 4) is 0 Å². The number of thioether (sulfide) groups is 1. The average molecular weight is 485 g/mol. The number of amides is 1. The zero-order valence-corrected chi connectivity index (χ0v) is 18.2. The number of carbonyl (C=O) groups is 1. The minimum absolute atomic E-state index is 0. The molecule has 1 aromatic rings. The third kappa shape index (κ3) is 10.2. The fourth-order valence-electron chi connectivity index (χ4n) is 1.66. The number of benzene rings is 1. The Morgan fingerprint density at radius 2 is 1.71 bits per heavy atom. The summed E-state index contributed by atoms with van der Waals surface area (Å²) in [6.07, 6.45) is 0. The molecule has 1 amide bonds. The molecule has 0 spiro atoms. The maximum absolute atomic E-state index is 11.4.